The van der Waals surface area contributed by atoms with Crippen molar-refractivity contribution in [2.24, 2.45) is 0 Å². The zero-order chi connectivity index (χ0) is 19.2. The standard InChI is InChI=1S/C21H29N3O3/c1-3-4-7-16(25)13-24-10-9-19-18(14-24)21(26)23-20(22-19)12-15-6-5-8-17(11-15)27-2/h5-6,8,11,16,25H,3-4,7,9-10,12-14H2,1-2H3,(H,22,23,26)/p+1/t16-/m0/s1. The minimum absolute atomic E-state index is 0.0434. The summed E-state index contributed by atoms with van der Waals surface area (Å²) < 4.78 is 5.26. The summed E-state index contributed by atoms with van der Waals surface area (Å²) in [6, 6.07) is 7.81. The van der Waals surface area contributed by atoms with Crippen LogP contribution in [0, 0.1) is 0 Å². The van der Waals surface area contributed by atoms with Gasteiger partial charge in [-0.3, -0.25) is 4.79 Å². The van der Waals surface area contributed by atoms with Crippen molar-refractivity contribution in [2.75, 3.05) is 20.2 Å². The van der Waals surface area contributed by atoms with Crippen LogP contribution in [-0.2, 0) is 19.4 Å². The molecule has 0 radical (unpaired) electrons. The number of aromatic nitrogens is 2. The van der Waals surface area contributed by atoms with Crippen LogP contribution in [0.5, 0.6) is 5.75 Å². The van der Waals surface area contributed by atoms with Crippen molar-refractivity contribution in [3.8, 4) is 5.75 Å². The minimum Gasteiger partial charge on any atom is -0.497 e. The summed E-state index contributed by atoms with van der Waals surface area (Å²) >= 11 is 0. The third-order valence-corrected chi connectivity index (χ3v) is 5.21. The molecule has 2 atom stereocenters. The molecule has 1 aliphatic heterocycles. The maximum absolute atomic E-state index is 12.6. The monoisotopic (exact) mass is 372 g/mol. The lowest BCUT2D eigenvalue weighted by Crippen LogP contribution is -3.13. The van der Waals surface area contributed by atoms with Gasteiger partial charge in [0, 0.05) is 12.8 Å². The van der Waals surface area contributed by atoms with E-state index in [-0.39, 0.29) is 11.7 Å². The number of methoxy groups -OCH3 is 1. The predicted octanol–water partition coefficient (Wildman–Crippen LogP) is 0.861. The highest BCUT2D eigenvalue weighted by molar-refractivity contribution is 5.30. The molecule has 2 heterocycles. The first-order chi connectivity index (χ1) is 13.1. The lowest BCUT2D eigenvalue weighted by molar-refractivity contribution is -0.919. The van der Waals surface area contributed by atoms with Crippen LogP contribution in [0.1, 0.15) is 48.8 Å². The normalized spacial score (nSPS) is 17.4. The van der Waals surface area contributed by atoms with Gasteiger partial charge in [-0.25, -0.2) is 4.98 Å². The smallest absolute Gasteiger partial charge is 0.260 e. The van der Waals surface area contributed by atoms with Crippen molar-refractivity contribution in [3.63, 3.8) is 0 Å². The van der Waals surface area contributed by atoms with E-state index in [1.807, 2.05) is 24.3 Å². The summed E-state index contributed by atoms with van der Waals surface area (Å²) in [6.07, 6.45) is 4.03. The molecule has 6 heteroatoms. The largest absolute Gasteiger partial charge is 0.497 e. The van der Waals surface area contributed by atoms with Gasteiger partial charge >= 0.3 is 0 Å². The number of aromatic amines is 1. The van der Waals surface area contributed by atoms with Gasteiger partial charge in [-0.15, -0.1) is 0 Å². The molecule has 27 heavy (non-hydrogen) atoms. The molecule has 1 unspecified atom stereocenters. The van der Waals surface area contributed by atoms with Gasteiger partial charge < -0.3 is 19.7 Å². The average molecular weight is 372 g/mol. The maximum atomic E-state index is 12.6. The summed E-state index contributed by atoms with van der Waals surface area (Å²) in [5.41, 5.74) is 2.69. The summed E-state index contributed by atoms with van der Waals surface area (Å²) in [4.78, 5) is 21.5. The number of quaternary nitrogens is 1. The molecule has 0 fully saturated rings. The molecule has 6 nitrogen and oxygen atoms in total. The minimum atomic E-state index is -0.291. The Balaban J connectivity index is 1.69. The van der Waals surface area contributed by atoms with Gasteiger partial charge in [0.15, 0.2) is 0 Å². The van der Waals surface area contributed by atoms with Crippen molar-refractivity contribution < 1.29 is 14.7 Å². The topological polar surface area (TPSA) is 79.7 Å². The van der Waals surface area contributed by atoms with Gasteiger partial charge in [0.25, 0.3) is 5.56 Å². The molecule has 1 aromatic carbocycles. The van der Waals surface area contributed by atoms with E-state index in [1.54, 1.807) is 7.11 Å². The molecular formula is C21H30N3O3+. The molecular weight excluding hydrogens is 342 g/mol. The van der Waals surface area contributed by atoms with Crippen LogP contribution in [-0.4, -0.2) is 41.4 Å². The number of aliphatic hydroxyl groups excluding tert-OH is 1. The number of fused-ring (bicyclic) bond motifs is 1. The Kier molecular flexibility index (Phi) is 6.63. The van der Waals surface area contributed by atoms with Gasteiger partial charge in [-0.2, -0.15) is 0 Å². The first-order valence-electron chi connectivity index (χ1n) is 9.84. The highest BCUT2D eigenvalue weighted by Crippen LogP contribution is 2.15. The summed E-state index contributed by atoms with van der Waals surface area (Å²) in [5, 5.41) is 10.2. The van der Waals surface area contributed by atoms with Crippen molar-refractivity contribution in [3.05, 3.63) is 57.3 Å². The quantitative estimate of drug-likeness (QED) is 0.642. The first kappa shape index (κ1) is 19.6. The van der Waals surface area contributed by atoms with Crippen LogP contribution in [0.3, 0.4) is 0 Å². The van der Waals surface area contributed by atoms with Gasteiger partial charge in [0.05, 0.1) is 24.9 Å². The number of hydrogen-bond acceptors (Lipinski definition) is 4. The summed E-state index contributed by atoms with van der Waals surface area (Å²) in [7, 11) is 1.64. The molecule has 3 N–H and O–H groups in total. The van der Waals surface area contributed by atoms with Crippen LogP contribution in [0.25, 0.3) is 0 Å². The molecule has 146 valence electrons. The molecule has 2 aromatic rings. The molecule has 0 amide bonds. The van der Waals surface area contributed by atoms with E-state index < -0.39 is 0 Å². The number of H-pyrrole nitrogens is 1. The highest BCUT2D eigenvalue weighted by Gasteiger charge is 2.25. The second kappa shape index (κ2) is 9.15. The fourth-order valence-corrected chi connectivity index (χ4v) is 3.73. The number of unbranched alkanes of at least 4 members (excludes halogenated alkanes) is 1. The van der Waals surface area contributed by atoms with Gasteiger partial charge in [-0.1, -0.05) is 31.9 Å². The molecule has 3 rings (SSSR count). The van der Waals surface area contributed by atoms with Crippen LogP contribution in [0.15, 0.2) is 29.1 Å². The van der Waals surface area contributed by atoms with Crippen LogP contribution in [0.2, 0.25) is 0 Å². The van der Waals surface area contributed by atoms with E-state index in [9.17, 15) is 9.90 Å². The Bertz CT molecular complexity index is 819. The number of ether oxygens (including phenoxy) is 1. The third kappa shape index (κ3) is 5.17. The SMILES string of the molecule is CCCC[C@H](O)C[NH+]1CCc2nc(Cc3cccc(OC)c3)[nH]c(=O)c2C1. The van der Waals surface area contributed by atoms with Gasteiger partial charge in [0.2, 0.25) is 0 Å². The number of benzene rings is 1. The van der Waals surface area contributed by atoms with E-state index in [0.717, 1.165) is 54.8 Å². The molecule has 1 aliphatic rings. The summed E-state index contributed by atoms with van der Waals surface area (Å²) in [5.74, 6) is 1.49. The zero-order valence-electron chi connectivity index (χ0n) is 16.3. The fourth-order valence-electron chi connectivity index (χ4n) is 3.73. The summed E-state index contributed by atoms with van der Waals surface area (Å²) in [6.45, 7) is 4.38. The Morgan fingerprint density at radius 1 is 1.41 bits per heavy atom. The van der Waals surface area contributed by atoms with Crippen molar-refractivity contribution in [2.45, 2.75) is 51.7 Å². The lowest BCUT2D eigenvalue weighted by Gasteiger charge is -2.26. The number of nitrogens with one attached hydrogen (secondary N) is 2. The molecule has 0 saturated carbocycles. The zero-order valence-corrected chi connectivity index (χ0v) is 16.3. The second-order valence-corrected chi connectivity index (χ2v) is 7.39. The number of rotatable bonds is 8. The fraction of sp³-hybridized carbons (Fsp3) is 0.524. The van der Waals surface area contributed by atoms with Crippen molar-refractivity contribution in [1.29, 1.82) is 0 Å². The molecule has 0 spiro atoms. The van der Waals surface area contributed by atoms with E-state index in [1.165, 1.54) is 4.90 Å². The van der Waals surface area contributed by atoms with E-state index >= 15 is 0 Å². The molecule has 0 bridgehead atoms. The number of aliphatic hydroxyl groups is 1. The highest BCUT2D eigenvalue weighted by atomic mass is 16.5. The van der Waals surface area contributed by atoms with Crippen LogP contribution < -0.4 is 15.2 Å². The lowest BCUT2D eigenvalue weighted by atomic mass is 10.0. The molecule has 0 aliphatic carbocycles. The Morgan fingerprint density at radius 3 is 3.04 bits per heavy atom. The van der Waals surface area contributed by atoms with Gasteiger partial charge in [-0.05, 0) is 24.1 Å². The Morgan fingerprint density at radius 2 is 2.26 bits per heavy atom. The Labute approximate surface area is 160 Å². The van der Waals surface area contributed by atoms with Gasteiger partial charge in [0.1, 0.15) is 30.8 Å². The number of hydrogen-bond donors (Lipinski definition) is 3. The van der Waals surface area contributed by atoms with E-state index in [0.29, 0.717) is 25.3 Å². The van der Waals surface area contributed by atoms with Crippen LogP contribution >= 0.6 is 0 Å². The first-order valence-corrected chi connectivity index (χ1v) is 9.84. The molecule has 0 saturated heterocycles. The number of nitrogens with zero attached hydrogens (tertiary/aromatic N) is 1. The Hall–Kier alpha value is -2.18. The van der Waals surface area contributed by atoms with Crippen molar-refractivity contribution in [1.82, 2.24) is 9.97 Å². The van der Waals surface area contributed by atoms with E-state index in [4.69, 9.17) is 9.72 Å². The average Bonchev–Trinajstić information content (AvgIpc) is 2.67. The second-order valence-electron chi connectivity index (χ2n) is 7.39. The predicted molar refractivity (Wildman–Crippen MR) is 104 cm³/mol. The van der Waals surface area contributed by atoms with Crippen molar-refractivity contribution >= 4 is 0 Å². The van der Waals surface area contributed by atoms with Crippen LogP contribution in [0.4, 0.5) is 0 Å². The third-order valence-electron chi connectivity index (χ3n) is 5.21. The van der Waals surface area contributed by atoms with E-state index in [2.05, 4.69) is 11.9 Å². The molecule has 1 aromatic heterocycles. The maximum Gasteiger partial charge on any atom is 0.260 e.